The van der Waals surface area contributed by atoms with Crippen molar-refractivity contribution in [3.63, 3.8) is 0 Å². The van der Waals surface area contributed by atoms with Crippen molar-refractivity contribution in [2.75, 3.05) is 4.90 Å². The highest BCUT2D eigenvalue weighted by atomic mass is 35.5. The fourth-order valence-electron chi connectivity index (χ4n) is 2.27. The van der Waals surface area contributed by atoms with E-state index in [0.717, 1.165) is 4.90 Å². The number of phenols is 1. The molecule has 0 bridgehead atoms. The van der Waals surface area contributed by atoms with Crippen molar-refractivity contribution >= 4 is 40.7 Å². The first kappa shape index (κ1) is 13.9. The molecule has 1 heterocycles. The summed E-state index contributed by atoms with van der Waals surface area (Å²) in [5, 5.41) is 10.4. The number of phenolic OH excluding ortho intramolecular Hbond substituents is 1. The van der Waals surface area contributed by atoms with Crippen molar-refractivity contribution in [2.45, 2.75) is 6.92 Å². The van der Waals surface area contributed by atoms with Gasteiger partial charge in [0.15, 0.2) is 5.75 Å². The maximum absolute atomic E-state index is 12.4. The molecule has 2 aromatic rings. The summed E-state index contributed by atoms with van der Waals surface area (Å²) >= 11 is 12.0. The fraction of sp³-hybridized carbons (Fsp3) is 0.0667. The topological polar surface area (TPSA) is 57.6 Å². The van der Waals surface area contributed by atoms with Crippen LogP contribution in [0.25, 0.3) is 0 Å². The van der Waals surface area contributed by atoms with E-state index in [-0.39, 0.29) is 32.6 Å². The molecule has 0 saturated carbocycles. The molecule has 0 aliphatic carbocycles. The number of nitrogens with zero attached hydrogens (tertiary/aromatic N) is 1. The number of halogens is 2. The van der Waals surface area contributed by atoms with Crippen LogP contribution in [0.5, 0.6) is 5.75 Å². The molecule has 1 aliphatic rings. The molecule has 0 atom stereocenters. The van der Waals surface area contributed by atoms with E-state index in [1.807, 2.05) is 0 Å². The number of carbonyl (C=O) groups excluding carboxylic acids is 2. The molecule has 21 heavy (non-hydrogen) atoms. The number of carbonyl (C=O) groups is 2. The molecule has 0 unspecified atom stereocenters. The largest absolute Gasteiger partial charge is 0.504 e. The van der Waals surface area contributed by atoms with Gasteiger partial charge in [-0.15, -0.1) is 0 Å². The number of hydrogen-bond donors (Lipinski definition) is 1. The van der Waals surface area contributed by atoms with Crippen molar-refractivity contribution in [2.24, 2.45) is 0 Å². The number of aromatic hydroxyl groups is 1. The summed E-state index contributed by atoms with van der Waals surface area (Å²) in [6, 6.07) is 7.82. The van der Waals surface area contributed by atoms with Gasteiger partial charge in [0, 0.05) is 5.02 Å². The van der Waals surface area contributed by atoms with Crippen LogP contribution in [0.3, 0.4) is 0 Å². The highest BCUT2D eigenvalue weighted by Gasteiger charge is 2.38. The summed E-state index contributed by atoms with van der Waals surface area (Å²) in [6.07, 6.45) is 0. The SMILES string of the molecule is Cc1c(Cl)cc(N2C(=O)c3ccccc3C2=O)c(O)c1Cl. The number of amides is 2. The first-order valence-corrected chi connectivity index (χ1v) is 6.84. The highest BCUT2D eigenvalue weighted by molar-refractivity contribution is 6.40. The van der Waals surface area contributed by atoms with Crippen LogP contribution in [0.2, 0.25) is 10.0 Å². The standard InChI is InChI=1S/C15H9Cl2NO3/c1-7-10(16)6-11(13(19)12(7)17)18-14(20)8-4-2-3-5-9(8)15(18)21/h2-6,19H,1H3. The van der Waals surface area contributed by atoms with Gasteiger partial charge in [-0.05, 0) is 30.7 Å². The molecule has 6 heteroatoms. The zero-order valence-corrected chi connectivity index (χ0v) is 12.4. The zero-order chi connectivity index (χ0) is 15.3. The van der Waals surface area contributed by atoms with Crippen molar-refractivity contribution in [1.29, 1.82) is 0 Å². The van der Waals surface area contributed by atoms with E-state index < -0.39 is 11.8 Å². The van der Waals surface area contributed by atoms with Gasteiger partial charge in [0.2, 0.25) is 0 Å². The second-order valence-corrected chi connectivity index (χ2v) is 5.44. The monoisotopic (exact) mass is 321 g/mol. The predicted molar refractivity (Wildman–Crippen MR) is 80.4 cm³/mol. The lowest BCUT2D eigenvalue weighted by Gasteiger charge is -2.17. The third kappa shape index (κ3) is 1.91. The van der Waals surface area contributed by atoms with Crippen LogP contribution >= 0.6 is 23.2 Å². The molecule has 2 amide bonds. The van der Waals surface area contributed by atoms with Crippen molar-refractivity contribution in [1.82, 2.24) is 0 Å². The minimum atomic E-state index is -0.512. The Morgan fingerprint density at radius 2 is 1.57 bits per heavy atom. The smallest absolute Gasteiger partial charge is 0.266 e. The van der Waals surface area contributed by atoms with Gasteiger partial charge in [0.05, 0.1) is 21.8 Å². The fourth-order valence-corrected chi connectivity index (χ4v) is 2.71. The van der Waals surface area contributed by atoms with Gasteiger partial charge in [0.1, 0.15) is 0 Å². The molecule has 106 valence electrons. The van der Waals surface area contributed by atoms with Crippen LogP contribution in [-0.2, 0) is 0 Å². The average Bonchev–Trinajstić information content (AvgIpc) is 2.73. The van der Waals surface area contributed by atoms with Crippen LogP contribution in [0.1, 0.15) is 26.3 Å². The van der Waals surface area contributed by atoms with Crippen LogP contribution in [-0.4, -0.2) is 16.9 Å². The van der Waals surface area contributed by atoms with Crippen molar-refractivity contribution in [3.8, 4) is 5.75 Å². The number of imide groups is 1. The van der Waals surface area contributed by atoms with E-state index >= 15 is 0 Å². The van der Waals surface area contributed by atoms with E-state index in [1.165, 1.54) is 6.07 Å². The Morgan fingerprint density at radius 1 is 1.05 bits per heavy atom. The third-order valence-electron chi connectivity index (χ3n) is 3.44. The molecular formula is C15H9Cl2NO3. The Bertz CT molecular complexity index is 767. The van der Waals surface area contributed by atoms with E-state index in [2.05, 4.69) is 0 Å². The lowest BCUT2D eigenvalue weighted by molar-refractivity contribution is 0.0925. The maximum Gasteiger partial charge on any atom is 0.266 e. The molecule has 0 aromatic heterocycles. The molecule has 4 nitrogen and oxygen atoms in total. The number of fused-ring (bicyclic) bond motifs is 1. The van der Waals surface area contributed by atoms with E-state index in [0.29, 0.717) is 5.56 Å². The number of anilines is 1. The number of hydrogen-bond acceptors (Lipinski definition) is 3. The molecule has 1 aliphatic heterocycles. The van der Waals surface area contributed by atoms with Gasteiger partial charge in [0.25, 0.3) is 11.8 Å². The van der Waals surface area contributed by atoms with E-state index in [1.54, 1.807) is 31.2 Å². The van der Waals surface area contributed by atoms with E-state index in [9.17, 15) is 14.7 Å². The normalized spacial score (nSPS) is 13.8. The Morgan fingerprint density at radius 3 is 2.10 bits per heavy atom. The molecule has 0 saturated heterocycles. The number of benzene rings is 2. The Hall–Kier alpha value is -2.04. The summed E-state index contributed by atoms with van der Waals surface area (Å²) in [5.74, 6) is -1.36. The first-order chi connectivity index (χ1) is 9.93. The lowest BCUT2D eigenvalue weighted by atomic mass is 10.1. The molecule has 2 aromatic carbocycles. The summed E-state index contributed by atoms with van der Waals surface area (Å²) < 4.78 is 0. The summed E-state index contributed by atoms with van der Waals surface area (Å²) in [7, 11) is 0. The second-order valence-electron chi connectivity index (χ2n) is 4.66. The van der Waals surface area contributed by atoms with Gasteiger partial charge in [-0.3, -0.25) is 9.59 Å². The predicted octanol–water partition coefficient (Wildman–Crippen LogP) is 3.81. The molecule has 1 N–H and O–H groups in total. The molecule has 0 radical (unpaired) electrons. The van der Waals surface area contributed by atoms with Gasteiger partial charge in [-0.1, -0.05) is 35.3 Å². The van der Waals surface area contributed by atoms with Crippen LogP contribution in [0, 0.1) is 6.92 Å². The van der Waals surface area contributed by atoms with Crippen LogP contribution in [0.4, 0.5) is 5.69 Å². The van der Waals surface area contributed by atoms with E-state index in [4.69, 9.17) is 23.2 Å². The van der Waals surface area contributed by atoms with Crippen molar-refractivity contribution < 1.29 is 14.7 Å². The second kappa shape index (κ2) is 4.76. The van der Waals surface area contributed by atoms with Crippen LogP contribution < -0.4 is 4.90 Å². The quantitative estimate of drug-likeness (QED) is 0.812. The third-order valence-corrected chi connectivity index (χ3v) is 4.29. The van der Waals surface area contributed by atoms with Gasteiger partial charge < -0.3 is 5.11 Å². The molecule has 0 spiro atoms. The summed E-state index contributed by atoms with van der Waals surface area (Å²) in [4.78, 5) is 25.6. The summed E-state index contributed by atoms with van der Waals surface area (Å²) in [6.45, 7) is 1.64. The van der Waals surface area contributed by atoms with Gasteiger partial charge in [-0.25, -0.2) is 4.90 Å². The lowest BCUT2D eigenvalue weighted by Crippen LogP contribution is -2.29. The molecular weight excluding hydrogens is 313 g/mol. The Labute approximate surface area is 130 Å². The first-order valence-electron chi connectivity index (χ1n) is 6.09. The Kier molecular flexibility index (Phi) is 3.15. The molecule has 0 fully saturated rings. The maximum atomic E-state index is 12.4. The minimum Gasteiger partial charge on any atom is -0.504 e. The zero-order valence-electron chi connectivity index (χ0n) is 10.9. The average molecular weight is 322 g/mol. The Balaban J connectivity index is 2.21. The summed E-state index contributed by atoms with van der Waals surface area (Å²) in [5.41, 5.74) is 1.04. The molecule has 3 rings (SSSR count). The van der Waals surface area contributed by atoms with Gasteiger partial charge in [-0.2, -0.15) is 0 Å². The van der Waals surface area contributed by atoms with Crippen molar-refractivity contribution in [3.05, 3.63) is 57.1 Å². The highest BCUT2D eigenvalue weighted by Crippen LogP contribution is 2.43. The minimum absolute atomic E-state index is 0.0122. The van der Waals surface area contributed by atoms with Crippen LogP contribution in [0.15, 0.2) is 30.3 Å². The number of rotatable bonds is 1. The van der Waals surface area contributed by atoms with Gasteiger partial charge >= 0.3 is 0 Å².